The van der Waals surface area contributed by atoms with Crippen LogP contribution < -0.4 is 5.73 Å². The summed E-state index contributed by atoms with van der Waals surface area (Å²) in [5.74, 6) is 1.72. The molecular weight excluding hydrogens is 280 g/mol. The maximum atomic E-state index is 12.7. The van der Waals surface area contributed by atoms with E-state index in [1.165, 1.54) is 24.1 Å². The van der Waals surface area contributed by atoms with Gasteiger partial charge in [-0.15, -0.1) is 11.3 Å². The zero-order chi connectivity index (χ0) is 14.8. The van der Waals surface area contributed by atoms with Crippen LogP contribution in [0.3, 0.4) is 0 Å². The highest BCUT2D eigenvalue weighted by Crippen LogP contribution is 2.42. The summed E-state index contributed by atoms with van der Waals surface area (Å²) in [6.07, 6.45) is 6.75. The van der Waals surface area contributed by atoms with Gasteiger partial charge in [-0.05, 0) is 55.4 Å². The molecule has 2 bridgehead atoms. The van der Waals surface area contributed by atoms with Gasteiger partial charge in [0.05, 0.1) is 0 Å². The molecule has 2 fully saturated rings. The topological polar surface area (TPSA) is 46.3 Å². The van der Waals surface area contributed by atoms with Gasteiger partial charge in [-0.2, -0.15) is 0 Å². The van der Waals surface area contributed by atoms with Crippen LogP contribution in [-0.2, 0) is 11.2 Å². The fraction of sp³-hybridized carbons (Fsp3) is 0.706. The highest BCUT2D eigenvalue weighted by molar-refractivity contribution is 7.09. The Morgan fingerprint density at radius 2 is 2.10 bits per heavy atom. The maximum Gasteiger partial charge on any atom is 0.225 e. The van der Waals surface area contributed by atoms with Gasteiger partial charge in [0.2, 0.25) is 5.91 Å². The van der Waals surface area contributed by atoms with Crippen molar-refractivity contribution in [2.75, 3.05) is 13.6 Å². The number of hydrogen-bond acceptors (Lipinski definition) is 3. The first-order valence-corrected chi connectivity index (χ1v) is 9.06. The van der Waals surface area contributed by atoms with Crippen molar-refractivity contribution in [3.05, 3.63) is 22.4 Å². The molecule has 0 radical (unpaired) electrons. The summed E-state index contributed by atoms with van der Waals surface area (Å²) in [6.45, 7) is 0.831. The normalized spacial score (nSPS) is 31.9. The van der Waals surface area contributed by atoms with E-state index in [0.717, 1.165) is 25.8 Å². The number of fused-ring (bicyclic) bond motifs is 2. The number of rotatable bonds is 4. The quantitative estimate of drug-likeness (QED) is 0.929. The van der Waals surface area contributed by atoms with Crippen molar-refractivity contribution in [1.29, 1.82) is 0 Å². The van der Waals surface area contributed by atoms with Crippen LogP contribution in [0.5, 0.6) is 0 Å². The van der Waals surface area contributed by atoms with E-state index in [1.807, 2.05) is 11.9 Å². The molecule has 3 rings (SSSR count). The first-order chi connectivity index (χ1) is 10.1. The highest BCUT2D eigenvalue weighted by Gasteiger charge is 2.41. The van der Waals surface area contributed by atoms with Crippen molar-refractivity contribution in [3.8, 4) is 0 Å². The van der Waals surface area contributed by atoms with Crippen molar-refractivity contribution in [2.24, 2.45) is 23.5 Å². The Morgan fingerprint density at radius 3 is 2.71 bits per heavy atom. The average Bonchev–Trinajstić information content (AvgIpc) is 2.97. The van der Waals surface area contributed by atoms with Crippen LogP contribution in [0.1, 0.15) is 37.0 Å². The molecule has 4 heteroatoms. The lowest BCUT2D eigenvalue weighted by atomic mass is 9.65. The molecule has 1 aromatic rings. The predicted octanol–water partition coefficient (Wildman–Crippen LogP) is 2.90. The Hall–Kier alpha value is -0.870. The minimum atomic E-state index is 0.216. The smallest absolute Gasteiger partial charge is 0.225 e. The van der Waals surface area contributed by atoms with Crippen LogP contribution in [-0.4, -0.2) is 30.4 Å². The molecule has 2 atom stereocenters. The van der Waals surface area contributed by atoms with Crippen LogP contribution in [0.15, 0.2) is 17.5 Å². The van der Waals surface area contributed by atoms with Gasteiger partial charge < -0.3 is 10.6 Å². The second-order valence-corrected chi connectivity index (χ2v) is 7.82. The van der Waals surface area contributed by atoms with Crippen LogP contribution in [0, 0.1) is 17.8 Å². The fourth-order valence-electron chi connectivity index (χ4n) is 4.15. The molecule has 1 aromatic heterocycles. The summed E-state index contributed by atoms with van der Waals surface area (Å²) in [6, 6.07) is 4.57. The largest absolute Gasteiger partial charge is 0.345 e. The Morgan fingerprint density at radius 1 is 1.38 bits per heavy atom. The first kappa shape index (κ1) is 15.0. The van der Waals surface area contributed by atoms with Crippen LogP contribution in [0.2, 0.25) is 0 Å². The van der Waals surface area contributed by atoms with Crippen molar-refractivity contribution >= 4 is 17.2 Å². The summed E-state index contributed by atoms with van der Waals surface area (Å²) in [5.41, 5.74) is 6.32. The Bertz CT molecular complexity index is 459. The molecule has 2 N–H and O–H groups in total. The molecule has 3 nitrogen and oxygen atoms in total. The molecule has 0 saturated heterocycles. The summed E-state index contributed by atoms with van der Waals surface area (Å²) >= 11 is 1.77. The average molecular weight is 306 g/mol. The Labute approximate surface area is 131 Å². The Balaban J connectivity index is 1.55. The van der Waals surface area contributed by atoms with Gasteiger partial charge in [0.15, 0.2) is 0 Å². The zero-order valence-electron chi connectivity index (χ0n) is 12.8. The van der Waals surface area contributed by atoms with Crippen LogP contribution in [0.4, 0.5) is 0 Å². The highest BCUT2D eigenvalue weighted by atomic mass is 32.1. The van der Waals surface area contributed by atoms with E-state index in [1.54, 1.807) is 11.3 Å². The van der Waals surface area contributed by atoms with Gasteiger partial charge >= 0.3 is 0 Å². The standard InChI is InChI=1S/C17H26N2OS/c1-19(8-7-15-6-3-9-21-15)17(20)14-10-12-4-2-5-13(11-14)16(12)18/h3,6,9,12-14,16H,2,4-5,7-8,10-11,18H2,1H3. The van der Waals surface area contributed by atoms with Gasteiger partial charge in [0.1, 0.15) is 0 Å². The van der Waals surface area contributed by atoms with E-state index < -0.39 is 0 Å². The van der Waals surface area contributed by atoms with E-state index >= 15 is 0 Å². The van der Waals surface area contributed by atoms with E-state index in [-0.39, 0.29) is 5.92 Å². The molecule has 0 aromatic carbocycles. The molecule has 2 aliphatic carbocycles. The van der Waals surface area contributed by atoms with Gasteiger partial charge in [-0.1, -0.05) is 12.5 Å². The molecule has 0 aliphatic heterocycles. The summed E-state index contributed by atoms with van der Waals surface area (Å²) in [5, 5.41) is 2.10. The fourth-order valence-corrected chi connectivity index (χ4v) is 4.84. The monoisotopic (exact) mass is 306 g/mol. The summed E-state index contributed by atoms with van der Waals surface area (Å²) in [7, 11) is 1.96. The molecular formula is C17H26N2OS. The van der Waals surface area contributed by atoms with Crippen molar-refractivity contribution in [3.63, 3.8) is 0 Å². The Kier molecular flexibility index (Phi) is 4.65. The number of hydrogen-bond donors (Lipinski definition) is 1. The molecule has 2 aliphatic rings. The molecule has 116 valence electrons. The van der Waals surface area contributed by atoms with Gasteiger partial charge in [-0.3, -0.25) is 4.79 Å². The van der Waals surface area contributed by atoms with Crippen molar-refractivity contribution < 1.29 is 4.79 Å². The van der Waals surface area contributed by atoms with Crippen molar-refractivity contribution in [2.45, 2.75) is 44.6 Å². The minimum Gasteiger partial charge on any atom is -0.345 e. The number of carbonyl (C=O) groups is 1. The van der Waals surface area contributed by atoms with Gasteiger partial charge in [-0.25, -0.2) is 0 Å². The number of nitrogens with zero attached hydrogens (tertiary/aromatic N) is 1. The van der Waals surface area contributed by atoms with E-state index in [9.17, 15) is 4.79 Å². The third kappa shape index (κ3) is 3.32. The lowest BCUT2D eigenvalue weighted by Crippen LogP contribution is -2.49. The third-order valence-electron chi connectivity index (χ3n) is 5.41. The van der Waals surface area contributed by atoms with Gasteiger partial charge in [0, 0.05) is 30.4 Å². The third-order valence-corrected chi connectivity index (χ3v) is 6.35. The van der Waals surface area contributed by atoms with E-state index in [4.69, 9.17) is 5.73 Å². The maximum absolute atomic E-state index is 12.7. The second-order valence-electron chi connectivity index (χ2n) is 6.79. The molecule has 0 spiro atoms. The first-order valence-electron chi connectivity index (χ1n) is 8.18. The lowest BCUT2D eigenvalue weighted by Gasteiger charge is -2.44. The molecule has 2 saturated carbocycles. The number of amides is 1. The molecule has 1 amide bonds. The number of thiophene rings is 1. The van der Waals surface area contributed by atoms with Crippen LogP contribution >= 0.6 is 11.3 Å². The molecule has 21 heavy (non-hydrogen) atoms. The zero-order valence-corrected chi connectivity index (χ0v) is 13.6. The molecule has 1 heterocycles. The second kappa shape index (κ2) is 6.49. The lowest BCUT2D eigenvalue weighted by molar-refractivity contribution is -0.137. The van der Waals surface area contributed by atoms with Crippen molar-refractivity contribution in [1.82, 2.24) is 4.90 Å². The summed E-state index contributed by atoms with van der Waals surface area (Å²) < 4.78 is 0. The number of likely N-dealkylation sites (N-methyl/N-ethyl adjacent to an activating group) is 1. The summed E-state index contributed by atoms with van der Waals surface area (Å²) in [4.78, 5) is 16.0. The number of nitrogens with two attached hydrogens (primary N) is 1. The molecule has 2 unspecified atom stereocenters. The predicted molar refractivity (Wildman–Crippen MR) is 87.2 cm³/mol. The minimum absolute atomic E-state index is 0.216. The number of carbonyl (C=O) groups excluding carboxylic acids is 1. The van der Waals surface area contributed by atoms with Gasteiger partial charge in [0.25, 0.3) is 0 Å². The van der Waals surface area contributed by atoms with Crippen LogP contribution in [0.25, 0.3) is 0 Å². The van der Waals surface area contributed by atoms with E-state index in [2.05, 4.69) is 17.5 Å². The SMILES string of the molecule is CN(CCc1cccs1)C(=O)C1CC2CCCC(C1)C2N. The van der Waals surface area contributed by atoms with E-state index in [0.29, 0.717) is 23.8 Å².